The molecule has 2 atom stereocenters. The third-order valence-corrected chi connectivity index (χ3v) is 2.81. The molecule has 0 aromatic heterocycles. The van der Waals surface area contributed by atoms with Gasteiger partial charge in [-0.2, -0.15) is 13.2 Å². The summed E-state index contributed by atoms with van der Waals surface area (Å²) in [6.07, 6.45) is -4.44. The molecule has 1 aliphatic rings. The number of rotatable bonds is 1. The zero-order valence-electron chi connectivity index (χ0n) is 9.42. The number of benzene rings is 1. The third-order valence-electron chi connectivity index (χ3n) is 2.81. The first-order valence-electron chi connectivity index (χ1n) is 5.49. The molecule has 1 saturated heterocycles. The molecule has 1 aromatic rings. The summed E-state index contributed by atoms with van der Waals surface area (Å²) in [6.45, 7) is 3.21. The van der Waals surface area contributed by atoms with E-state index in [1.165, 1.54) is 12.1 Å². The maximum absolute atomic E-state index is 12.4. The number of hydrogen-bond acceptors (Lipinski definition) is 2. The van der Waals surface area contributed by atoms with Gasteiger partial charge in [0.05, 0.1) is 18.3 Å². The molecule has 1 heterocycles. The Morgan fingerprint density at radius 3 is 2.35 bits per heavy atom. The molecule has 0 aliphatic carbocycles. The second-order valence-corrected chi connectivity index (χ2v) is 4.25. The van der Waals surface area contributed by atoms with E-state index in [2.05, 4.69) is 5.32 Å². The minimum atomic E-state index is -4.28. The number of morpholine rings is 1. The predicted molar refractivity (Wildman–Crippen MR) is 57.6 cm³/mol. The van der Waals surface area contributed by atoms with Crippen molar-refractivity contribution in [3.63, 3.8) is 0 Å². The predicted octanol–water partition coefficient (Wildman–Crippen LogP) is 2.75. The molecular formula is C12H14F3NO. The average Bonchev–Trinajstić information content (AvgIpc) is 2.29. The molecule has 1 fully saturated rings. The van der Waals surface area contributed by atoms with Crippen molar-refractivity contribution in [3.05, 3.63) is 35.4 Å². The van der Waals surface area contributed by atoms with E-state index in [-0.39, 0.29) is 6.10 Å². The summed E-state index contributed by atoms with van der Waals surface area (Å²) in [7, 11) is 0. The number of ether oxygens (including phenoxy) is 1. The minimum absolute atomic E-state index is 0.159. The summed E-state index contributed by atoms with van der Waals surface area (Å²) < 4.78 is 42.7. The van der Waals surface area contributed by atoms with Crippen LogP contribution in [0.4, 0.5) is 13.2 Å². The topological polar surface area (TPSA) is 21.3 Å². The fraction of sp³-hybridized carbons (Fsp3) is 0.500. The zero-order chi connectivity index (χ0) is 12.5. The van der Waals surface area contributed by atoms with E-state index in [1.807, 2.05) is 6.92 Å². The van der Waals surface area contributed by atoms with Crippen molar-refractivity contribution in [1.82, 2.24) is 5.32 Å². The first kappa shape index (κ1) is 12.4. The van der Waals surface area contributed by atoms with E-state index in [0.717, 1.165) is 17.7 Å². The van der Waals surface area contributed by atoms with Crippen molar-refractivity contribution in [1.29, 1.82) is 0 Å². The Kier molecular flexibility index (Phi) is 3.40. The van der Waals surface area contributed by atoms with Gasteiger partial charge in [0.1, 0.15) is 0 Å². The highest BCUT2D eigenvalue weighted by molar-refractivity contribution is 5.26. The molecule has 0 saturated carbocycles. The molecule has 1 unspecified atom stereocenters. The van der Waals surface area contributed by atoms with E-state index in [4.69, 9.17) is 4.74 Å². The first-order chi connectivity index (χ1) is 7.97. The van der Waals surface area contributed by atoms with Gasteiger partial charge in [-0.25, -0.2) is 0 Å². The van der Waals surface area contributed by atoms with Crippen molar-refractivity contribution in [2.24, 2.45) is 0 Å². The standard InChI is InChI=1S/C12H14F3NO/c1-8-7-17-11(6-16-8)9-2-4-10(5-3-9)12(13,14)15/h2-5,8,11,16H,6-7H2,1H3/t8?,11-/m1/s1. The van der Waals surface area contributed by atoms with Gasteiger partial charge in [-0.05, 0) is 24.6 Å². The van der Waals surface area contributed by atoms with E-state index in [0.29, 0.717) is 19.2 Å². The molecule has 0 bridgehead atoms. The van der Waals surface area contributed by atoms with Crippen molar-refractivity contribution in [3.8, 4) is 0 Å². The van der Waals surface area contributed by atoms with Gasteiger partial charge in [-0.1, -0.05) is 12.1 Å². The normalized spacial score (nSPS) is 25.9. The van der Waals surface area contributed by atoms with Crippen LogP contribution in [0.15, 0.2) is 24.3 Å². The van der Waals surface area contributed by atoms with Gasteiger partial charge in [0.25, 0.3) is 0 Å². The highest BCUT2D eigenvalue weighted by atomic mass is 19.4. The molecule has 0 spiro atoms. The van der Waals surface area contributed by atoms with E-state index in [9.17, 15) is 13.2 Å². The lowest BCUT2D eigenvalue weighted by Crippen LogP contribution is -2.40. The molecule has 2 rings (SSSR count). The Morgan fingerprint density at radius 2 is 1.88 bits per heavy atom. The highest BCUT2D eigenvalue weighted by Crippen LogP contribution is 2.30. The smallest absolute Gasteiger partial charge is 0.371 e. The second-order valence-electron chi connectivity index (χ2n) is 4.25. The molecule has 0 radical (unpaired) electrons. The maximum Gasteiger partial charge on any atom is 0.416 e. The zero-order valence-corrected chi connectivity index (χ0v) is 9.42. The van der Waals surface area contributed by atoms with Crippen LogP contribution < -0.4 is 5.32 Å². The van der Waals surface area contributed by atoms with Crippen LogP contribution in [0.3, 0.4) is 0 Å². The molecular weight excluding hydrogens is 231 g/mol. The van der Waals surface area contributed by atoms with Crippen LogP contribution in [0, 0.1) is 0 Å². The first-order valence-corrected chi connectivity index (χ1v) is 5.49. The summed E-state index contributed by atoms with van der Waals surface area (Å²) >= 11 is 0. The monoisotopic (exact) mass is 245 g/mol. The van der Waals surface area contributed by atoms with Crippen LogP contribution in [0.1, 0.15) is 24.2 Å². The maximum atomic E-state index is 12.4. The molecule has 1 aromatic carbocycles. The van der Waals surface area contributed by atoms with Crippen molar-refractivity contribution < 1.29 is 17.9 Å². The Morgan fingerprint density at radius 1 is 1.24 bits per heavy atom. The van der Waals surface area contributed by atoms with E-state index in [1.54, 1.807) is 0 Å². The highest BCUT2D eigenvalue weighted by Gasteiger charge is 2.30. The van der Waals surface area contributed by atoms with Crippen molar-refractivity contribution in [2.75, 3.05) is 13.2 Å². The fourth-order valence-electron chi connectivity index (χ4n) is 1.79. The van der Waals surface area contributed by atoms with Crippen LogP contribution in [0.2, 0.25) is 0 Å². The van der Waals surface area contributed by atoms with Gasteiger partial charge in [0, 0.05) is 12.6 Å². The number of alkyl halides is 3. The second kappa shape index (κ2) is 4.66. The van der Waals surface area contributed by atoms with Crippen LogP contribution in [-0.2, 0) is 10.9 Å². The molecule has 2 nitrogen and oxygen atoms in total. The quantitative estimate of drug-likeness (QED) is 0.821. The van der Waals surface area contributed by atoms with Crippen LogP contribution in [-0.4, -0.2) is 19.2 Å². The largest absolute Gasteiger partial charge is 0.416 e. The lowest BCUT2D eigenvalue weighted by molar-refractivity contribution is -0.137. The fourth-order valence-corrected chi connectivity index (χ4v) is 1.79. The van der Waals surface area contributed by atoms with Crippen molar-refractivity contribution >= 4 is 0 Å². The van der Waals surface area contributed by atoms with Crippen LogP contribution >= 0.6 is 0 Å². The third kappa shape index (κ3) is 2.98. The van der Waals surface area contributed by atoms with Crippen molar-refractivity contribution in [2.45, 2.75) is 25.2 Å². The Balaban J connectivity index is 2.08. The van der Waals surface area contributed by atoms with E-state index >= 15 is 0 Å². The van der Waals surface area contributed by atoms with Gasteiger partial charge in [0.15, 0.2) is 0 Å². The lowest BCUT2D eigenvalue weighted by atomic mass is 10.1. The van der Waals surface area contributed by atoms with Crippen LogP contribution in [0.5, 0.6) is 0 Å². The van der Waals surface area contributed by atoms with Gasteiger partial charge < -0.3 is 10.1 Å². The molecule has 1 aliphatic heterocycles. The van der Waals surface area contributed by atoms with E-state index < -0.39 is 11.7 Å². The number of nitrogens with one attached hydrogen (secondary N) is 1. The molecule has 5 heteroatoms. The van der Waals surface area contributed by atoms with Crippen LogP contribution in [0.25, 0.3) is 0 Å². The Labute approximate surface area is 97.8 Å². The molecule has 0 amide bonds. The number of halogens is 3. The summed E-state index contributed by atoms with van der Waals surface area (Å²) in [5.41, 5.74) is 0.149. The van der Waals surface area contributed by atoms with Gasteiger partial charge >= 0.3 is 6.18 Å². The summed E-state index contributed by atoms with van der Waals surface area (Å²) in [5.74, 6) is 0. The Hall–Kier alpha value is -1.07. The summed E-state index contributed by atoms with van der Waals surface area (Å²) in [4.78, 5) is 0. The summed E-state index contributed by atoms with van der Waals surface area (Å²) in [6, 6.07) is 5.43. The number of hydrogen-bond donors (Lipinski definition) is 1. The van der Waals surface area contributed by atoms with Gasteiger partial charge in [-0.15, -0.1) is 0 Å². The minimum Gasteiger partial charge on any atom is -0.371 e. The SMILES string of the molecule is CC1CO[C@@H](c2ccc(C(F)(F)F)cc2)CN1. The van der Waals surface area contributed by atoms with Gasteiger partial charge in [-0.3, -0.25) is 0 Å². The van der Waals surface area contributed by atoms with Gasteiger partial charge in [0.2, 0.25) is 0 Å². The summed E-state index contributed by atoms with van der Waals surface area (Å²) in [5, 5.41) is 3.23. The molecule has 1 N–H and O–H groups in total. The molecule has 94 valence electrons. The Bertz CT molecular complexity index is 366. The molecule has 17 heavy (non-hydrogen) atoms. The lowest BCUT2D eigenvalue weighted by Gasteiger charge is -2.28. The average molecular weight is 245 g/mol.